The highest BCUT2D eigenvalue weighted by atomic mass is 19.4. The minimum absolute atomic E-state index is 0.0629. The lowest BCUT2D eigenvalue weighted by Crippen LogP contribution is -2.50. The highest BCUT2D eigenvalue weighted by molar-refractivity contribution is 6.05. The van der Waals surface area contributed by atoms with Crippen LogP contribution < -0.4 is 9.80 Å². The van der Waals surface area contributed by atoms with Gasteiger partial charge in [0.25, 0.3) is 0 Å². The van der Waals surface area contributed by atoms with Crippen molar-refractivity contribution in [3.05, 3.63) is 35.5 Å². The molecular formula is C27H36F3N3O4. The number of nitrogens with zero attached hydrogens (tertiary/aromatic N) is 3. The summed E-state index contributed by atoms with van der Waals surface area (Å²) >= 11 is 0. The maximum absolute atomic E-state index is 13.9. The monoisotopic (exact) mass is 523 g/mol. The zero-order chi connectivity index (χ0) is 26.8. The molecule has 2 fully saturated rings. The first-order valence-corrected chi connectivity index (χ1v) is 13.0. The molecule has 0 aromatic heterocycles. The Morgan fingerprint density at radius 2 is 1.76 bits per heavy atom. The molecule has 2 saturated heterocycles. The highest BCUT2D eigenvalue weighted by Gasteiger charge is 2.46. The predicted octanol–water partition coefficient (Wildman–Crippen LogP) is 4.91. The van der Waals surface area contributed by atoms with Gasteiger partial charge < -0.3 is 19.3 Å². The van der Waals surface area contributed by atoms with Crippen molar-refractivity contribution in [2.24, 2.45) is 0 Å². The summed E-state index contributed by atoms with van der Waals surface area (Å²) in [5.74, 6) is -2.76. The molecule has 0 bridgehead atoms. The van der Waals surface area contributed by atoms with Crippen molar-refractivity contribution in [1.82, 2.24) is 4.90 Å². The van der Waals surface area contributed by atoms with Crippen molar-refractivity contribution in [3.8, 4) is 0 Å². The molecule has 204 valence electrons. The van der Waals surface area contributed by atoms with Crippen LogP contribution >= 0.6 is 0 Å². The van der Waals surface area contributed by atoms with Gasteiger partial charge in [-0.2, -0.15) is 13.2 Å². The molecule has 0 aliphatic carbocycles. The van der Waals surface area contributed by atoms with E-state index in [9.17, 15) is 22.8 Å². The van der Waals surface area contributed by atoms with E-state index in [-0.39, 0.29) is 37.3 Å². The van der Waals surface area contributed by atoms with E-state index < -0.39 is 29.7 Å². The number of halogens is 3. The molecule has 0 unspecified atom stereocenters. The number of esters is 1. The van der Waals surface area contributed by atoms with Crippen LogP contribution in [0, 0.1) is 0 Å². The van der Waals surface area contributed by atoms with Crippen LogP contribution in [0.25, 0.3) is 0 Å². The van der Waals surface area contributed by atoms with Gasteiger partial charge >= 0.3 is 18.1 Å². The fraction of sp³-hybridized carbons (Fsp3) is 0.630. The third-order valence-electron chi connectivity index (χ3n) is 6.85. The first-order chi connectivity index (χ1) is 17.4. The second kappa shape index (κ2) is 11.0. The number of anilines is 2. The number of hydrogen-bond acceptors (Lipinski definition) is 6. The number of carbonyl (C=O) groups is 2. The molecule has 10 heteroatoms. The maximum Gasteiger partial charge on any atom is 0.471 e. The molecule has 3 aliphatic heterocycles. The van der Waals surface area contributed by atoms with Crippen molar-refractivity contribution in [3.63, 3.8) is 0 Å². The summed E-state index contributed by atoms with van der Waals surface area (Å²) in [6.07, 6.45) is 0.652. The van der Waals surface area contributed by atoms with Gasteiger partial charge in [0.05, 0.1) is 11.3 Å². The fourth-order valence-electron chi connectivity index (χ4n) is 5.17. The number of rotatable bonds is 6. The Balaban J connectivity index is 1.76. The van der Waals surface area contributed by atoms with Gasteiger partial charge in [0.15, 0.2) is 0 Å². The van der Waals surface area contributed by atoms with Crippen molar-refractivity contribution < 1.29 is 32.2 Å². The van der Waals surface area contributed by atoms with E-state index in [1.165, 1.54) is 6.07 Å². The SMILES string of the molecule is CC(C)(C)OC(=O)c1ccc(N2CCC=C2CN2CCCC2)cc1N(C(=O)C(F)(F)F)C1CCOCC1. The first kappa shape index (κ1) is 27.4. The molecule has 1 aromatic carbocycles. The average Bonchev–Trinajstić information content (AvgIpc) is 3.51. The molecule has 0 N–H and O–H groups in total. The van der Waals surface area contributed by atoms with E-state index in [1.807, 2.05) is 0 Å². The third-order valence-corrected chi connectivity index (χ3v) is 6.85. The molecule has 0 spiro atoms. The summed E-state index contributed by atoms with van der Waals surface area (Å²) in [6, 6.07) is 4.01. The quantitative estimate of drug-likeness (QED) is 0.494. The van der Waals surface area contributed by atoms with Gasteiger partial charge in [0.1, 0.15) is 5.60 Å². The van der Waals surface area contributed by atoms with Gasteiger partial charge in [-0.25, -0.2) is 4.79 Å². The summed E-state index contributed by atoms with van der Waals surface area (Å²) in [7, 11) is 0. The standard InChI is InChI=1S/C27H36F3N3O4/c1-26(2,3)37-24(34)22-9-8-20(32-14-6-7-21(32)18-31-12-4-5-13-31)17-23(22)33(25(35)27(28,29)30)19-10-15-36-16-11-19/h7-9,17,19H,4-6,10-16,18H2,1-3H3. The lowest BCUT2D eigenvalue weighted by molar-refractivity contribution is -0.171. The molecule has 0 saturated carbocycles. The second-order valence-electron chi connectivity index (χ2n) is 10.8. The molecule has 4 rings (SSSR count). The molecule has 1 amide bonds. The van der Waals surface area contributed by atoms with Crippen LogP contribution in [0.3, 0.4) is 0 Å². The Hall–Kier alpha value is -2.59. The predicted molar refractivity (Wildman–Crippen MR) is 135 cm³/mol. The largest absolute Gasteiger partial charge is 0.471 e. The number of carbonyl (C=O) groups excluding carboxylic acids is 2. The van der Waals surface area contributed by atoms with Crippen LogP contribution in [0.5, 0.6) is 0 Å². The number of amides is 1. The van der Waals surface area contributed by atoms with Crippen LogP contribution in [0.15, 0.2) is 30.0 Å². The van der Waals surface area contributed by atoms with E-state index in [0.29, 0.717) is 12.2 Å². The van der Waals surface area contributed by atoms with Crippen LogP contribution in [0.2, 0.25) is 0 Å². The molecule has 37 heavy (non-hydrogen) atoms. The van der Waals surface area contributed by atoms with Gasteiger partial charge in [-0.3, -0.25) is 9.69 Å². The zero-order valence-corrected chi connectivity index (χ0v) is 21.8. The van der Waals surface area contributed by atoms with E-state index in [0.717, 1.165) is 49.5 Å². The summed E-state index contributed by atoms with van der Waals surface area (Å²) in [5.41, 5.74) is 0.737. The number of ether oxygens (including phenoxy) is 2. The normalized spacial score (nSPS) is 19.7. The molecule has 0 radical (unpaired) electrons. The van der Waals surface area contributed by atoms with E-state index in [1.54, 1.807) is 32.9 Å². The second-order valence-corrected chi connectivity index (χ2v) is 10.8. The first-order valence-electron chi connectivity index (χ1n) is 13.0. The average molecular weight is 524 g/mol. The Bertz CT molecular complexity index is 1020. The van der Waals surface area contributed by atoms with E-state index >= 15 is 0 Å². The lowest BCUT2D eigenvalue weighted by atomic mass is 10.0. The summed E-state index contributed by atoms with van der Waals surface area (Å²) in [5, 5.41) is 0. The topological polar surface area (TPSA) is 62.3 Å². The van der Waals surface area contributed by atoms with Gasteiger partial charge in [0.2, 0.25) is 0 Å². The minimum atomic E-state index is -5.10. The van der Waals surface area contributed by atoms with Crippen molar-refractivity contribution in [2.75, 3.05) is 49.2 Å². The number of benzene rings is 1. The van der Waals surface area contributed by atoms with E-state index in [2.05, 4.69) is 15.9 Å². The van der Waals surface area contributed by atoms with Gasteiger partial charge in [-0.15, -0.1) is 0 Å². The van der Waals surface area contributed by atoms with Crippen molar-refractivity contribution in [1.29, 1.82) is 0 Å². The van der Waals surface area contributed by atoms with Crippen molar-refractivity contribution >= 4 is 23.3 Å². The summed E-state index contributed by atoms with van der Waals surface area (Å²) in [6.45, 7) is 9.02. The Labute approximate surface area is 216 Å². The Morgan fingerprint density at radius 3 is 2.38 bits per heavy atom. The smallest absolute Gasteiger partial charge is 0.456 e. The lowest BCUT2D eigenvalue weighted by Gasteiger charge is -2.36. The number of likely N-dealkylation sites (tertiary alicyclic amines) is 1. The van der Waals surface area contributed by atoms with Gasteiger partial charge in [0, 0.05) is 43.7 Å². The van der Waals surface area contributed by atoms with Crippen LogP contribution in [-0.4, -0.2) is 74.0 Å². The summed E-state index contributed by atoms with van der Waals surface area (Å²) < 4.78 is 52.5. The van der Waals surface area contributed by atoms with Gasteiger partial charge in [-0.1, -0.05) is 6.08 Å². The highest BCUT2D eigenvalue weighted by Crippen LogP contribution is 2.37. The number of alkyl halides is 3. The van der Waals surface area contributed by atoms with Crippen LogP contribution in [0.4, 0.5) is 24.5 Å². The number of hydrogen-bond donors (Lipinski definition) is 0. The Kier molecular flexibility index (Phi) is 8.18. The minimum Gasteiger partial charge on any atom is -0.456 e. The van der Waals surface area contributed by atoms with Crippen LogP contribution in [-0.2, 0) is 14.3 Å². The molecule has 7 nitrogen and oxygen atoms in total. The molecule has 3 heterocycles. The van der Waals surface area contributed by atoms with Crippen molar-refractivity contribution in [2.45, 2.75) is 70.7 Å². The van der Waals surface area contributed by atoms with Crippen LogP contribution in [0.1, 0.15) is 63.2 Å². The molecule has 0 atom stereocenters. The summed E-state index contributed by atoms with van der Waals surface area (Å²) in [4.78, 5) is 31.2. The molecule has 1 aromatic rings. The maximum atomic E-state index is 13.9. The molecule has 3 aliphatic rings. The third kappa shape index (κ3) is 6.65. The zero-order valence-electron chi connectivity index (χ0n) is 21.8. The molecular weight excluding hydrogens is 487 g/mol. The van der Waals surface area contributed by atoms with E-state index in [4.69, 9.17) is 9.47 Å². The fourth-order valence-corrected chi connectivity index (χ4v) is 5.17. The Morgan fingerprint density at radius 1 is 1.08 bits per heavy atom. The van der Waals surface area contributed by atoms with Gasteiger partial charge in [-0.05, 0) is 84.2 Å².